The number of allylic oxidation sites excluding steroid dienone is 2. The minimum atomic E-state index is 0.613. The summed E-state index contributed by atoms with van der Waals surface area (Å²) in [4.78, 5) is 1.41. The van der Waals surface area contributed by atoms with E-state index in [1.165, 1.54) is 42.0 Å². The predicted molar refractivity (Wildman–Crippen MR) is 103 cm³/mol. The van der Waals surface area contributed by atoms with Crippen molar-refractivity contribution in [3.05, 3.63) is 47.0 Å². The molecule has 0 radical (unpaired) electrons. The highest BCUT2D eigenvalue weighted by Crippen LogP contribution is 2.46. The Morgan fingerprint density at radius 1 is 1.22 bits per heavy atom. The van der Waals surface area contributed by atoms with Gasteiger partial charge in [0.2, 0.25) is 0 Å². The number of thioether (sulfide) groups is 1. The summed E-state index contributed by atoms with van der Waals surface area (Å²) in [5.74, 6) is 2.04. The van der Waals surface area contributed by atoms with Crippen molar-refractivity contribution in [2.75, 3.05) is 5.75 Å². The van der Waals surface area contributed by atoms with E-state index in [1.807, 2.05) is 11.3 Å². The lowest BCUT2D eigenvalue weighted by Crippen LogP contribution is -2.23. The molecule has 1 nitrogen and oxygen atoms in total. The molecule has 0 saturated carbocycles. The molecule has 1 aliphatic carbocycles. The fraction of sp³-hybridized carbons (Fsp3) is 0.500. The maximum absolute atomic E-state index is 2.71. The molecule has 0 N–H and O–H groups in total. The molecule has 23 heavy (non-hydrogen) atoms. The average molecular weight is 344 g/mol. The highest BCUT2D eigenvalue weighted by molar-refractivity contribution is 7.99. The number of hydrogen-bond acceptors (Lipinski definition) is 2. The minimum Gasteiger partial charge on any atom is -0.339 e. The SMILES string of the molecule is CC1=CCC(n2c(-c3cccs3)ccc2C2CCCS2)C(C)C1. The molecule has 4 rings (SSSR count). The van der Waals surface area contributed by atoms with Gasteiger partial charge in [0.1, 0.15) is 0 Å². The zero-order valence-corrected chi connectivity index (χ0v) is 15.6. The van der Waals surface area contributed by atoms with Crippen LogP contribution in [0.2, 0.25) is 0 Å². The van der Waals surface area contributed by atoms with Crippen LogP contribution >= 0.6 is 23.1 Å². The van der Waals surface area contributed by atoms with Crippen LogP contribution in [-0.2, 0) is 0 Å². The second kappa shape index (κ2) is 6.52. The Balaban J connectivity index is 1.79. The molecule has 0 spiro atoms. The van der Waals surface area contributed by atoms with Crippen molar-refractivity contribution < 1.29 is 0 Å². The van der Waals surface area contributed by atoms with Crippen molar-refractivity contribution in [2.24, 2.45) is 5.92 Å². The summed E-state index contributed by atoms with van der Waals surface area (Å²) in [6.45, 7) is 4.72. The van der Waals surface area contributed by atoms with Crippen LogP contribution in [0.1, 0.15) is 56.5 Å². The van der Waals surface area contributed by atoms with Crippen LogP contribution in [-0.4, -0.2) is 10.3 Å². The van der Waals surface area contributed by atoms with Gasteiger partial charge in [0.05, 0.1) is 10.6 Å². The lowest BCUT2D eigenvalue weighted by atomic mass is 9.86. The molecular formula is C20H25NS2. The number of thiophene rings is 1. The summed E-state index contributed by atoms with van der Waals surface area (Å²) in [6, 6.07) is 9.85. The third-order valence-corrected chi connectivity index (χ3v) is 7.62. The quantitative estimate of drug-likeness (QED) is 0.561. The average Bonchev–Trinajstić information content (AvgIpc) is 3.27. The smallest absolute Gasteiger partial charge is 0.0587 e. The maximum atomic E-state index is 2.71. The fourth-order valence-corrected chi connectivity index (χ4v) is 6.24. The first-order valence-electron chi connectivity index (χ1n) is 8.76. The van der Waals surface area contributed by atoms with Crippen molar-refractivity contribution in [1.29, 1.82) is 0 Å². The highest BCUT2D eigenvalue weighted by Gasteiger charge is 2.30. The lowest BCUT2D eigenvalue weighted by molar-refractivity contribution is 0.332. The van der Waals surface area contributed by atoms with Gasteiger partial charge < -0.3 is 4.57 Å². The molecule has 122 valence electrons. The molecule has 3 heterocycles. The van der Waals surface area contributed by atoms with E-state index in [0.29, 0.717) is 11.3 Å². The standard InChI is InChI=1S/C20H25NS2/c1-14-7-8-16(15(2)13-14)21-17(19-5-3-11-22-19)9-10-18(21)20-6-4-12-23-20/h3,5,7,9-11,15-16,20H,4,6,8,12-13H2,1-2H3. The monoisotopic (exact) mass is 343 g/mol. The van der Waals surface area contributed by atoms with Crippen LogP contribution in [0.25, 0.3) is 10.6 Å². The zero-order valence-electron chi connectivity index (χ0n) is 14.0. The molecule has 0 bridgehead atoms. The largest absolute Gasteiger partial charge is 0.339 e. The molecule has 0 amide bonds. The van der Waals surface area contributed by atoms with Gasteiger partial charge in [0, 0.05) is 17.0 Å². The Hall–Kier alpha value is -0.930. The molecule has 0 aromatic carbocycles. The van der Waals surface area contributed by atoms with Crippen molar-refractivity contribution in [1.82, 2.24) is 4.57 Å². The molecule has 1 saturated heterocycles. The molecule has 3 atom stereocenters. The maximum Gasteiger partial charge on any atom is 0.0587 e. The Morgan fingerprint density at radius 2 is 2.13 bits per heavy atom. The summed E-state index contributed by atoms with van der Waals surface area (Å²) in [5, 5.41) is 2.90. The first kappa shape index (κ1) is 15.6. The third kappa shape index (κ3) is 2.94. The molecule has 2 aromatic rings. The number of rotatable bonds is 3. The van der Waals surface area contributed by atoms with Gasteiger partial charge in [-0.2, -0.15) is 11.8 Å². The van der Waals surface area contributed by atoms with E-state index in [0.717, 1.165) is 5.92 Å². The second-order valence-electron chi connectivity index (χ2n) is 7.03. The Labute approximate surface area is 147 Å². The summed E-state index contributed by atoms with van der Waals surface area (Å²) in [6.07, 6.45) is 7.60. The van der Waals surface area contributed by atoms with Crippen LogP contribution in [0.4, 0.5) is 0 Å². The molecule has 2 aromatic heterocycles. The summed E-state index contributed by atoms with van der Waals surface area (Å²) in [5.41, 5.74) is 4.57. The van der Waals surface area contributed by atoms with Gasteiger partial charge in [-0.3, -0.25) is 0 Å². The van der Waals surface area contributed by atoms with Crippen molar-refractivity contribution in [3.8, 4) is 10.6 Å². The number of aromatic nitrogens is 1. The normalized spacial score (nSPS) is 28.1. The van der Waals surface area contributed by atoms with E-state index < -0.39 is 0 Å². The lowest BCUT2D eigenvalue weighted by Gasteiger charge is -2.33. The van der Waals surface area contributed by atoms with E-state index >= 15 is 0 Å². The van der Waals surface area contributed by atoms with Gasteiger partial charge in [-0.25, -0.2) is 0 Å². The molecule has 1 aliphatic heterocycles. The first-order chi connectivity index (χ1) is 11.2. The fourth-order valence-electron chi connectivity index (χ4n) is 4.17. The van der Waals surface area contributed by atoms with Crippen LogP contribution in [0.5, 0.6) is 0 Å². The van der Waals surface area contributed by atoms with Crippen molar-refractivity contribution in [3.63, 3.8) is 0 Å². The third-order valence-electron chi connectivity index (χ3n) is 5.32. The Bertz CT molecular complexity index is 689. The summed E-state index contributed by atoms with van der Waals surface area (Å²) < 4.78 is 2.71. The molecule has 1 fully saturated rings. The Kier molecular flexibility index (Phi) is 4.42. The van der Waals surface area contributed by atoms with Crippen LogP contribution in [0, 0.1) is 5.92 Å². The molecule has 2 aliphatic rings. The molecular weight excluding hydrogens is 318 g/mol. The van der Waals surface area contributed by atoms with Crippen molar-refractivity contribution >= 4 is 23.1 Å². The van der Waals surface area contributed by atoms with Gasteiger partial charge in [-0.1, -0.05) is 24.6 Å². The minimum absolute atomic E-state index is 0.613. The summed E-state index contributed by atoms with van der Waals surface area (Å²) in [7, 11) is 0. The first-order valence-corrected chi connectivity index (χ1v) is 10.7. The van der Waals surface area contributed by atoms with Gasteiger partial charge in [0.25, 0.3) is 0 Å². The van der Waals surface area contributed by atoms with E-state index in [1.54, 1.807) is 11.3 Å². The van der Waals surface area contributed by atoms with Gasteiger partial charge >= 0.3 is 0 Å². The summed E-state index contributed by atoms with van der Waals surface area (Å²) >= 11 is 4.02. The molecule has 3 unspecified atom stereocenters. The highest BCUT2D eigenvalue weighted by atomic mass is 32.2. The van der Waals surface area contributed by atoms with Crippen LogP contribution in [0.3, 0.4) is 0 Å². The Morgan fingerprint density at radius 3 is 2.83 bits per heavy atom. The predicted octanol–water partition coefficient (Wildman–Crippen LogP) is 6.70. The van der Waals surface area contributed by atoms with E-state index in [4.69, 9.17) is 0 Å². The van der Waals surface area contributed by atoms with Gasteiger partial charge in [-0.15, -0.1) is 11.3 Å². The molecule has 3 heteroatoms. The van der Waals surface area contributed by atoms with Gasteiger partial charge in [-0.05, 0) is 67.9 Å². The topological polar surface area (TPSA) is 4.93 Å². The van der Waals surface area contributed by atoms with Crippen LogP contribution < -0.4 is 0 Å². The van der Waals surface area contributed by atoms with Gasteiger partial charge in [0.15, 0.2) is 0 Å². The van der Waals surface area contributed by atoms with E-state index in [2.05, 4.69) is 65.9 Å². The zero-order chi connectivity index (χ0) is 15.8. The van der Waals surface area contributed by atoms with Crippen LogP contribution in [0.15, 0.2) is 41.3 Å². The number of hydrogen-bond donors (Lipinski definition) is 0. The van der Waals surface area contributed by atoms with E-state index in [-0.39, 0.29) is 0 Å². The van der Waals surface area contributed by atoms with Crippen molar-refractivity contribution in [2.45, 2.75) is 50.8 Å². The number of nitrogens with zero attached hydrogens (tertiary/aromatic N) is 1. The second-order valence-corrected chi connectivity index (χ2v) is 9.29. The van der Waals surface area contributed by atoms with E-state index in [9.17, 15) is 0 Å².